The Balaban J connectivity index is 1.72. The van der Waals surface area contributed by atoms with E-state index >= 15 is 0 Å². The Morgan fingerprint density at radius 3 is 2.56 bits per heavy atom. The lowest BCUT2D eigenvalue weighted by Crippen LogP contribution is -2.30. The monoisotopic (exact) mass is 362 g/mol. The molecular weight excluding hydrogens is 344 g/mol. The van der Waals surface area contributed by atoms with Crippen LogP contribution in [-0.2, 0) is 14.3 Å². The summed E-state index contributed by atoms with van der Waals surface area (Å²) in [6.07, 6.45) is 0.519. The summed E-state index contributed by atoms with van der Waals surface area (Å²) in [5.74, 6) is 0.0273. The maximum absolute atomic E-state index is 12.0. The lowest BCUT2D eigenvalue weighted by molar-refractivity contribution is -0.153. The number of aryl methyl sites for hydroxylation is 1. The van der Waals surface area contributed by atoms with Crippen LogP contribution in [0, 0.1) is 6.92 Å². The molecule has 0 bridgehead atoms. The van der Waals surface area contributed by atoms with Crippen LogP contribution in [0.15, 0.2) is 42.6 Å². The molecule has 1 aromatic carbocycles. The van der Waals surface area contributed by atoms with Crippen molar-refractivity contribution in [1.82, 2.24) is 4.98 Å². The number of amides is 1. The topological polar surface area (TPSA) is 77.5 Å². The molecule has 7 heteroatoms. The van der Waals surface area contributed by atoms with Crippen LogP contribution in [-0.4, -0.2) is 29.6 Å². The fourth-order valence-corrected chi connectivity index (χ4v) is 1.99. The van der Waals surface area contributed by atoms with E-state index in [1.54, 1.807) is 12.1 Å². The van der Waals surface area contributed by atoms with Gasteiger partial charge in [-0.1, -0.05) is 29.3 Å². The summed E-state index contributed by atoms with van der Waals surface area (Å²) in [7, 11) is 0. The summed E-state index contributed by atoms with van der Waals surface area (Å²) >= 11 is 5.72. The van der Waals surface area contributed by atoms with E-state index in [-0.39, 0.29) is 13.0 Å². The van der Waals surface area contributed by atoms with Gasteiger partial charge in [0.15, 0.2) is 6.10 Å². The normalized spacial score (nSPS) is 11.5. The van der Waals surface area contributed by atoms with Crippen LogP contribution in [0.3, 0.4) is 0 Å². The van der Waals surface area contributed by atoms with E-state index in [1.165, 1.54) is 13.1 Å². The van der Waals surface area contributed by atoms with Gasteiger partial charge in [0.2, 0.25) is 0 Å². The third-order valence-electron chi connectivity index (χ3n) is 3.25. The molecule has 0 aliphatic carbocycles. The van der Waals surface area contributed by atoms with E-state index in [0.29, 0.717) is 16.6 Å². The van der Waals surface area contributed by atoms with E-state index in [0.717, 1.165) is 5.56 Å². The van der Waals surface area contributed by atoms with Gasteiger partial charge in [0, 0.05) is 6.20 Å². The molecule has 132 valence electrons. The third kappa shape index (κ3) is 6.43. The number of hydrogen-bond donors (Lipinski definition) is 1. The molecule has 2 aromatic rings. The summed E-state index contributed by atoms with van der Waals surface area (Å²) in [4.78, 5) is 27.7. The molecule has 1 heterocycles. The Bertz CT molecular complexity index is 717. The molecule has 0 aliphatic rings. The number of nitrogens with one attached hydrogen (secondary N) is 1. The van der Waals surface area contributed by atoms with Gasteiger partial charge >= 0.3 is 5.97 Å². The number of aromatic nitrogens is 1. The first-order valence-electron chi connectivity index (χ1n) is 7.75. The molecule has 0 spiro atoms. The highest BCUT2D eigenvalue weighted by Crippen LogP contribution is 2.12. The van der Waals surface area contributed by atoms with Crippen molar-refractivity contribution < 1.29 is 19.1 Å². The predicted octanol–water partition coefficient (Wildman–Crippen LogP) is 3.38. The zero-order valence-corrected chi connectivity index (χ0v) is 14.7. The Morgan fingerprint density at radius 2 is 1.92 bits per heavy atom. The first-order chi connectivity index (χ1) is 11.9. The predicted molar refractivity (Wildman–Crippen MR) is 94.7 cm³/mol. The minimum atomic E-state index is -0.940. The number of esters is 1. The van der Waals surface area contributed by atoms with Gasteiger partial charge in [0.1, 0.15) is 11.6 Å². The highest BCUT2D eigenvalue weighted by Gasteiger charge is 2.18. The van der Waals surface area contributed by atoms with Gasteiger partial charge in [0.25, 0.3) is 5.91 Å². The van der Waals surface area contributed by atoms with Gasteiger partial charge in [-0.15, -0.1) is 0 Å². The second-order valence-corrected chi connectivity index (χ2v) is 5.83. The second kappa shape index (κ2) is 9.03. The molecule has 0 saturated heterocycles. The maximum atomic E-state index is 12.0. The second-order valence-electron chi connectivity index (χ2n) is 5.39. The van der Waals surface area contributed by atoms with Gasteiger partial charge in [-0.2, -0.15) is 0 Å². The van der Waals surface area contributed by atoms with Crippen LogP contribution in [0.25, 0.3) is 0 Å². The van der Waals surface area contributed by atoms with E-state index in [2.05, 4.69) is 10.3 Å². The van der Waals surface area contributed by atoms with E-state index < -0.39 is 18.0 Å². The van der Waals surface area contributed by atoms with Crippen molar-refractivity contribution in [3.63, 3.8) is 0 Å². The minimum absolute atomic E-state index is 0.0463. The highest BCUT2D eigenvalue weighted by molar-refractivity contribution is 6.30. The number of anilines is 1. The van der Waals surface area contributed by atoms with Gasteiger partial charge in [-0.25, -0.2) is 4.98 Å². The smallest absolute Gasteiger partial charge is 0.310 e. The Labute approximate surface area is 151 Å². The molecule has 1 amide bonds. The quantitative estimate of drug-likeness (QED) is 0.764. The van der Waals surface area contributed by atoms with Crippen molar-refractivity contribution >= 4 is 29.3 Å². The molecule has 1 N–H and O–H groups in total. The molecule has 6 nitrogen and oxygen atoms in total. The van der Waals surface area contributed by atoms with Crippen molar-refractivity contribution in [2.45, 2.75) is 26.4 Å². The molecule has 0 radical (unpaired) electrons. The van der Waals surface area contributed by atoms with Crippen LogP contribution in [0.4, 0.5) is 5.82 Å². The first-order valence-corrected chi connectivity index (χ1v) is 8.13. The zero-order chi connectivity index (χ0) is 18.2. The largest absolute Gasteiger partial charge is 0.493 e. The average Bonchev–Trinajstić information content (AvgIpc) is 2.58. The first kappa shape index (κ1) is 18.7. The highest BCUT2D eigenvalue weighted by atomic mass is 35.5. The van der Waals surface area contributed by atoms with E-state index in [9.17, 15) is 9.59 Å². The summed E-state index contributed by atoms with van der Waals surface area (Å²) in [5.41, 5.74) is 1.13. The van der Waals surface area contributed by atoms with Crippen LogP contribution >= 0.6 is 11.6 Å². The number of ether oxygens (including phenoxy) is 2. The molecule has 0 aliphatic heterocycles. The van der Waals surface area contributed by atoms with Crippen LogP contribution < -0.4 is 10.1 Å². The van der Waals surface area contributed by atoms with Crippen molar-refractivity contribution in [2.24, 2.45) is 0 Å². The summed E-state index contributed by atoms with van der Waals surface area (Å²) in [6.45, 7) is 3.64. The molecule has 0 unspecified atom stereocenters. The SMILES string of the molecule is Cc1ccc(OCCC(=O)O[C@H](C)C(=O)Nc2ccc(Cl)cn2)cc1. The van der Waals surface area contributed by atoms with Crippen molar-refractivity contribution in [3.05, 3.63) is 53.2 Å². The molecule has 25 heavy (non-hydrogen) atoms. The molecular formula is C18H19ClN2O4. The molecule has 1 atom stereocenters. The number of rotatable bonds is 7. The molecule has 0 saturated carbocycles. The van der Waals surface area contributed by atoms with E-state index in [4.69, 9.17) is 21.1 Å². The molecule has 2 rings (SSSR count). The summed E-state index contributed by atoms with van der Waals surface area (Å²) < 4.78 is 10.5. The zero-order valence-electron chi connectivity index (χ0n) is 14.0. The third-order valence-corrected chi connectivity index (χ3v) is 3.48. The number of halogens is 1. The number of carbonyl (C=O) groups excluding carboxylic acids is 2. The van der Waals surface area contributed by atoms with Crippen molar-refractivity contribution in [1.29, 1.82) is 0 Å². The molecule has 0 fully saturated rings. The lowest BCUT2D eigenvalue weighted by Gasteiger charge is -2.13. The van der Waals surface area contributed by atoms with Crippen LogP contribution in [0.5, 0.6) is 5.75 Å². The van der Waals surface area contributed by atoms with Gasteiger partial charge in [-0.3, -0.25) is 9.59 Å². The van der Waals surface area contributed by atoms with E-state index in [1.807, 2.05) is 31.2 Å². The van der Waals surface area contributed by atoms with Crippen LogP contribution in [0.1, 0.15) is 18.9 Å². The van der Waals surface area contributed by atoms with Gasteiger partial charge < -0.3 is 14.8 Å². The minimum Gasteiger partial charge on any atom is -0.493 e. The molecule has 1 aromatic heterocycles. The number of benzene rings is 1. The summed E-state index contributed by atoms with van der Waals surface area (Å²) in [6, 6.07) is 10.7. The Kier molecular flexibility index (Phi) is 6.77. The average molecular weight is 363 g/mol. The van der Waals surface area contributed by atoms with Gasteiger partial charge in [-0.05, 0) is 38.1 Å². The Morgan fingerprint density at radius 1 is 1.20 bits per heavy atom. The van der Waals surface area contributed by atoms with Crippen molar-refractivity contribution in [2.75, 3.05) is 11.9 Å². The number of carbonyl (C=O) groups is 2. The fraction of sp³-hybridized carbons (Fsp3) is 0.278. The number of hydrogen-bond acceptors (Lipinski definition) is 5. The van der Waals surface area contributed by atoms with Gasteiger partial charge in [0.05, 0.1) is 18.1 Å². The standard InChI is InChI=1S/C18H19ClN2O4/c1-12-3-6-15(7-4-12)24-10-9-17(22)25-13(2)18(23)21-16-8-5-14(19)11-20-16/h3-8,11,13H,9-10H2,1-2H3,(H,20,21,23)/t13-/m1/s1. The number of nitrogens with zero attached hydrogens (tertiary/aromatic N) is 1. The lowest BCUT2D eigenvalue weighted by atomic mass is 10.2. The summed E-state index contributed by atoms with van der Waals surface area (Å²) in [5, 5.41) is 3.01. The van der Waals surface area contributed by atoms with Crippen LogP contribution in [0.2, 0.25) is 5.02 Å². The van der Waals surface area contributed by atoms with Crippen molar-refractivity contribution in [3.8, 4) is 5.75 Å². The maximum Gasteiger partial charge on any atom is 0.310 e. The Hall–Kier alpha value is -2.60. The number of pyridine rings is 1. The fourth-order valence-electron chi connectivity index (χ4n) is 1.87.